The quantitative estimate of drug-likeness (QED) is 0.0320. The van der Waals surface area contributed by atoms with Gasteiger partial charge in [-0.1, -0.05) is 341 Å². The molecule has 3 N–H and O–H groups in total. The minimum absolute atomic E-state index is 0.00624. The number of nitrogens with one attached hydrogen (secondary N) is 1. The van der Waals surface area contributed by atoms with E-state index in [1.54, 1.807) is 0 Å². The lowest BCUT2D eigenvalue weighted by Gasteiger charge is -2.22. The van der Waals surface area contributed by atoms with E-state index in [4.69, 9.17) is 4.74 Å². The van der Waals surface area contributed by atoms with Gasteiger partial charge < -0.3 is 20.3 Å². The maximum atomic E-state index is 12.5. The summed E-state index contributed by atoms with van der Waals surface area (Å²) < 4.78 is 5.48. The van der Waals surface area contributed by atoms with Gasteiger partial charge in [-0.05, 0) is 51.4 Å². The summed E-state index contributed by atoms with van der Waals surface area (Å²) in [6.07, 6.45) is 79.6. The van der Waals surface area contributed by atoms with Gasteiger partial charge in [-0.3, -0.25) is 9.59 Å². The molecule has 6 nitrogen and oxygen atoms in total. The Morgan fingerprint density at radius 2 is 0.627 bits per heavy atom. The van der Waals surface area contributed by atoms with E-state index in [-0.39, 0.29) is 18.5 Å². The molecule has 0 heterocycles. The second-order valence-corrected chi connectivity index (χ2v) is 23.9. The van der Waals surface area contributed by atoms with Crippen molar-refractivity contribution in [3.63, 3.8) is 0 Å². The average molecular weight is 1060 g/mol. The number of hydrogen-bond donors (Lipinski definition) is 3. The maximum Gasteiger partial charge on any atom is 0.305 e. The van der Waals surface area contributed by atoms with Crippen molar-refractivity contribution in [2.24, 2.45) is 0 Å². The molecule has 2 unspecified atom stereocenters. The van der Waals surface area contributed by atoms with Crippen LogP contribution in [-0.4, -0.2) is 47.4 Å². The minimum atomic E-state index is -0.665. The molecular formula is C69H135NO5. The van der Waals surface area contributed by atoms with Crippen molar-refractivity contribution in [2.45, 2.75) is 405 Å². The molecule has 0 aromatic heterocycles. The molecule has 446 valence electrons. The van der Waals surface area contributed by atoms with Gasteiger partial charge >= 0.3 is 5.97 Å². The largest absolute Gasteiger partial charge is 0.466 e. The van der Waals surface area contributed by atoms with E-state index in [9.17, 15) is 19.8 Å². The lowest BCUT2D eigenvalue weighted by molar-refractivity contribution is -0.143. The van der Waals surface area contributed by atoms with E-state index in [1.807, 2.05) is 0 Å². The average Bonchev–Trinajstić information content (AvgIpc) is 3.41. The van der Waals surface area contributed by atoms with E-state index in [2.05, 4.69) is 31.3 Å². The molecule has 2 atom stereocenters. The van der Waals surface area contributed by atoms with Crippen LogP contribution in [0.15, 0.2) is 12.2 Å². The Kier molecular flexibility index (Phi) is 63.9. The predicted octanol–water partition coefficient (Wildman–Crippen LogP) is 22.0. The zero-order valence-corrected chi connectivity index (χ0v) is 51.1. The summed E-state index contributed by atoms with van der Waals surface area (Å²) in [5.41, 5.74) is 0. The predicted molar refractivity (Wildman–Crippen MR) is 329 cm³/mol. The van der Waals surface area contributed by atoms with Crippen molar-refractivity contribution < 1.29 is 24.5 Å². The molecule has 75 heavy (non-hydrogen) atoms. The molecule has 0 aliphatic heterocycles. The first kappa shape index (κ1) is 73.6. The number of amides is 1. The third-order valence-electron chi connectivity index (χ3n) is 16.3. The standard InChI is InChI=1S/C69H135NO5/c1-3-5-7-9-11-13-15-17-18-19-20-21-25-28-31-34-38-41-45-49-53-57-61-67(72)66(65-71)70-68(73)62-58-54-50-46-42-39-35-32-29-26-23-22-24-27-30-33-36-40-44-48-52-56-60-64-75-69(74)63-59-55-51-47-43-37-16-14-12-10-8-6-4-2/h14,16,66-67,71-72H,3-13,15,17-65H2,1-2H3,(H,70,73)/b16-14-. The van der Waals surface area contributed by atoms with Crippen molar-refractivity contribution in [1.82, 2.24) is 5.32 Å². The van der Waals surface area contributed by atoms with E-state index in [1.165, 1.54) is 315 Å². The van der Waals surface area contributed by atoms with Crippen molar-refractivity contribution in [3.05, 3.63) is 12.2 Å². The fourth-order valence-corrected chi connectivity index (χ4v) is 11.1. The molecule has 1 amide bonds. The Hall–Kier alpha value is -1.40. The Morgan fingerprint density at radius 3 is 0.960 bits per heavy atom. The second kappa shape index (κ2) is 65.1. The van der Waals surface area contributed by atoms with Crippen LogP contribution in [0.25, 0.3) is 0 Å². The topological polar surface area (TPSA) is 95.9 Å². The second-order valence-electron chi connectivity index (χ2n) is 23.9. The fourth-order valence-electron chi connectivity index (χ4n) is 11.1. The van der Waals surface area contributed by atoms with Crippen LogP contribution in [-0.2, 0) is 14.3 Å². The smallest absolute Gasteiger partial charge is 0.305 e. The number of ether oxygens (including phenoxy) is 1. The summed E-state index contributed by atoms with van der Waals surface area (Å²) in [6.45, 7) is 4.97. The van der Waals surface area contributed by atoms with Crippen LogP contribution < -0.4 is 5.32 Å². The highest BCUT2D eigenvalue weighted by atomic mass is 16.5. The number of rotatable bonds is 65. The van der Waals surface area contributed by atoms with Crippen LogP contribution in [0.2, 0.25) is 0 Å². The monoisotopic (exact) mass is 1060 g/mol. The number of aliphatic hydroxyl groups is 2. The third kappa shape index (κ3) is 61.7. The zero-order valence-electron chi connectivity index (χ0n) is 51.1. The molecule has 0 radical (unpaired) electrons. The summed E-state index contributed by atoms with van der Waals surface area (Å²) in [5, 5.41) is 23.4. The third-order valence-corrected chi connectivity index (χ3v) is 16.3. The summed E-state index contributed by atoms with van der Waals surface area (Å²) in [6, 6.07) is -0.542. The number of aliphatic hydroxyl groups excluding tert-OH is 2. The maximum absolute atomic E-state index is 12.5. The number of carbonyl (C=O) groups is 2. The molecule has 0 saturated carbocycles. The van der Waals surface area contributed by atoms with E-state index >= 15 is 0 Å². The SMILES string of the molecule is CCCCCC/C=C\CCCCCCCC(=O)OCCCCCCCCCCCCCCCCCCCCCCCCCC(=O)NC(CO)C(O)CCCCCCCCCCCCCCCCCCCCCCCC. The number of unbranched alkanes of at least 4 members (excludes halogenated alkanes) is 52. The van der Waals surface area contributed by atoms with Crippen molar-refractivity contribution in [1.29, 1.82) is 0 Å². The first-order valence-corrected chi connectivity index (χ1v) is 34.4. The van der Waals surface area contributed by atoms with Gasteiger partial charge in [0, 0.05) is 12.8 Å². The molecule has 0 rings (SSSR count). The van der Waals surface area contributed by atoms with Gasteiger partial charge in [0.05, 0.1) is 25.4 Å². The Bertz CT molecular complexity index is 1130. The summed E-state index contributed by atoms with van der Waals surface area (Å²) in [4.78, 5) is 24.6. The van der Waals surface area contributed by atoms with Crippen LogP contribution >= 0.6 is 0 Å². The van der Waals surface area contributed by atoms with Crippen molar-refractivity contribution >= 4 is 11.9 Å². The van der Waals surface area contributed by atoms with Crippen molar-refractivity contribution in [3.8, 4) is 0 Å². The van der Waals surface area contributed by atoms with Gasteiger partial charge in [0.2, 0.25) is 5.91 Å². The van der Waals surface area contributed by atoms with Crippen LogP contribution in [0.5, 0.6) is 0 Å². The molecule has 0 saturated heterocycles. The summed E-state index contributed by atoms with van der Waals surface area (Å²) in [7, 11) is 0. The van der Waals surface area contributed by atoms with Crippen LogP contribution in [0.4, 0.5) is 0 Å². The molecule has 0 aliphatic rings. The summed E-state index contributed by atoms with van der Waals surface area (Å²) >= 11 is 0. The molecule has 0 aromatic carbocycles. The molecule has 0 fully saturated rings. The first-order chi connectivity index (χ1) is 37.0. The molecular weight excluding hydrogens is 923 g/mol. The van der Waals surface area contributed by atoms with Gasteiger partial charge in [-0.15, -0.1) is 0 Å². The summed E-state index contributed by atoms with van der Waals surface area (Å²) in [5.74, 6) is -0.0234. The fraction of sp³-hybridized carbons (Fsp3) is 0.942. The van der Waals surface area contributed by atoms with Crippen LogP contribution in [0.1, 0.15) is 393 Å². The number of allylic oxidation sites excluding steroid dienone is 2. The van der Waals surface area contributed by atoms with Gasteiger partial charge in [0.15, 0.2) is 0 Å². The molecule has 0 bridgehead atoms. The first-order valence-electron chi connectivity index (χ1n) is 34.4. The normalized spacial score (nSPS) is 12.5. The molecule has 0 aromatic rings. The van der Waals surface area contributed by atoms with E-state index in [0.717, 1.165) is 44.9 Å². The van der Waals surface area contributed by atoms with Crippen LogP contribution in [0, 0.1) is 0 Å². The molecule has 6 heteroatoms. The minimum Gasteiger partial charge on any atom is -0.466 e. The highest BCUT2D eigenvalue weighted by Gasteiger charge is 2.20. The number of carbonyl (C=O) groups excluding carboxylic acids is 2. The van der Waals surface area contributed by atoms with Gasteiger partial charge in [-0.25, -0.2) is 0 Å². The number of esters is 1. The van der Waals surface area contributed by atoms with E-state index in [0.29, 0.717) is 25.9 Å². The van der Waals surface area contributed by atoms with Gasteiger partial charge in [0.25, 0.3) is 0 Å². The Morgan fingerprint density at radius 1 is 0.360 bits per heavy atom. The van der Waals surface area contributed by atoms with Gasteiger partial charge in [0.1, 0.15) is 0 Å². The zero-order chi connectivity index (χ0) is 54.3. The highest BCUT2D eigenvalue weighted by Crippen LogP contribution is 2.19. The van der Waals surface area contributed by atoms with E-state index < -0.39 is 12.1 Å². The Balaban J connectivity index is 3.37. The highest BCUT2D eigenvalue weighted by molar-refractivity contribution is 5.76. The number of hydrogen-bond acceptors (Lipinski definition) is 5. The van der Waals surface area contributed by atoms with Crippen LogP contribution in [0.3, 0.4) is 0 Å². The lowest BCUT2D eigenvalue weighted by atomic mass is 10.0. The molecule has 0 aliphatic carbocycles. The van der Waals surface area contributed by atoms with Gasteiger partial charge in [-0.2, -0.15) is 0 Å². The van der Waals surface area contributed by atoms with Crippen molar-refractivity contribution in [2.75, 3.05) is 13.2 Å². The molecule has 0 spiro atoms. The Labute approximate surface area is 469 Å². The lowest BCUT2D eigenvalue weighted by Crippen LogP contribution is -2.45.